The van der Waals surface area contributed by atoms with Crippen LogP contribution in [-0.4, -0.2) is 49.9 Å². The van der Waals surface area contributed by atoms with E-state index in [1.54, 1.807) is 0 Å². The molecule has 8 nitrogen and oxygen atoms in total. The second-order valence-electron chi connectivity index (χ2n) is 13.8. The molecule has 0 radical (unpaired) electrons. The Kier molecular flexibility index (Phi) is 40.5. The third kappa shape index (κ3) is 41.1. The lowest BCUT2D eigenvalue weighted by Crippen LogP contribution is -2.28. The highest BCUT2D eigenvalue weighted by molar-refractivity contribution is 7.47. The highest BCUT2D eigenvalue weighted by atomic mass is 31.2. The Morgan fingerprint density at radius 3 is 1.56 bits per heavy atom. The highest BCUT2D eigenvalue weighted by Crippen LogP contribution is 2.43. The topological polar surface area (TPSA) is 117 Å². The first-order chi connectivity index (χ1) is 26.4. The Hall–Kier alpha value is -2.06. The van der Waals surface area contributed by atoms with Crippen LogP contribution in [0.1, 0.15) is 168 Å². The smallest absolute Gasteiger partial charge is 0.457 e. The molecule has 0 spiro atoms. The van der Waals surface area contributed by atoms with Crippen LogP contribution in [0.5, 0.6) is 0 Å². The summed E-state index contributed by atoms with van der Waals surface area (Å²) < 4.78 is 33.4. The van der Waals surface area contributed by atoms with Gasteiger partial charge in [-0.25, -0.2) is 4.57 Å². The van der Waals surface area contributed by atoms with Crippen molar-refractivity contribution >= 4 is 13.8 Å². The quantitative estimate of drug-likeness (QED) is 0.0273. The number of phosphoric ester groups is 1. The van der Waals surface area contributed by atoms with Gasteiger partial charge in [0.15, 0.2) is 0 Å². The molecule has 0 aromatic rings. The zero-order valence-electron chi connectivity index (χ0n) is 34.4. The Morgan fingerprint density at radius 1 is 0.574 bits per heavy atom. The lowest BCUT2D eigenvalue weighted by Gasteiger charge is -2.20. The summed E-state index contributed by atoms with van der Waals surface area (Å²) >= 11 is 0. The standard InChI is InChI=1S/C45H80NO7P/c1-3-5-7-9-11-13-15-17-19-21-22-23-24-26-28-30-32-34-36-38-45(47)53-44(43-52-54(48,49)51-41-39-46)42-50-40-37-35-33-31-29-27-25-20-18-16-14-12-10-8-6-4-2/h5,7,11-14,17-20,22-23,44H,3-4,6,8-10,15-16,21,24-43,46H2,1-2H3,(H,48,49)/b7-5-,13-11-,14-12-,19-17-,20-18-,23-22-. The second kappa shape index (κ2) is 42.1. The molecule has 0 bridgehead atoms. The second-order valence-corrected chi connectivity index (χ2v) is 15.3. The van der Waals surface area contributed by atoms with Crippen molar-refractivity contribution in [2.75, 3.05) is 33.0 Å². The van der Waals surface area contributed by atoms with Gasteiger partial charge in [0.2, 0.25) is 0 Å². The summed E-state index contributed by atoms with van der Waals surface area (Å²) in [5.41, 5.74) is 5.37. The molecule has 54 heavy (non-hydrogen) atoms. The number of carbonyl (C=O) groups is 1. The molecule has 3 N–H and O–H groups in total. The third-order valence-electron chi connectivity index (χ3n) is 8.61. The Balaban J connectivity index is 4.10. The average Bonchev–Trinajstić information content (AvgIpc) is 3.16. The van der Waals surface area contributed by atoms with Crippen LogP contribution in [0.25, 0.3) is 0 Å². The molecule has 2 atom stereocenters. The molecule has 0 aliphatic heterocycles. The first kappa shape index (κ1) is 51.9. The van der Waals surface area contributed by atoms with Crippen molar-refractivity contribution < 1.29 is 32.8 Å². The monoisotopic (exact) mass is 778 g/mol. The lowest BCUT2D eigenvalue weighted by atomic mass is 10.1. The van der Waals surface area contributed by atoms with Gasteiger partial charge < -0.3 is 20.1 Å². The fourth-order valence-electron chi connectivity index (χ4n) is 5.49. The molecule has 312 valence electrons. The van der Waals surface area contributed by atoms with Crippen LogP contribution in [0.4, 0.5) is 0 Å². The van der Waals surface area contributed by atoms with Gasteiger partial charge in [-0.15, -0.1) is 0 Å². The maximum atomic E-state index is 12.6. The van der Waals surface area contributed by atoms with Gasteiger partial charge >= 0.3 is 13.8 Å². The summed E-state index contributed by atoms with van der Waals surface area (Å²) in [6, 6.07) is 0. The average molecular weight is 778 g/mol. The molecular formula is C45H80NO7P. The van der Waals surface area contributed by atoms with E-state index in [0.717, 1.165) is 89.9 Å². The van der Waals surface area contributed by atoms with E-state index in [4.69, 9.17) is 24.3 Å². The minimum Gasteiger partial charge on any atom is -0.457 e. The van der Waals surface area contributed by atoms with E-state index in [2.05, 4.69) is 86.8 Å². The number of esters is 1. The van der Waals surface area contributed by atoms with Crippen LogP contribution in [0.15, 0.2) is 72.9 Å². The van der Waals surface area contributed by atoms with Gasteiger partial charge in [-0.3, -0.25) is 13.8 Å². The van der Waals surface area contributed by atoms with Crippen molar-refractivity contribution in [3.8, 4) is 0 Å². The van der Waals surface area contributed by atoms with E-state index in [0.29, 0.717) is 13.0 Å². The molecule has 0 aliphatic carbocycles. The Labute approximate surface area is 331 Å². The molecule has 0 saturated carbocycles. The molecule has 0 aromatic carbocycles. The minimum atomic E-state index is -4.29. The van der Waals surface area contributed by atoms with Gasteiger partial charge in [0, 0.05) is 19.6 Å². The summed E-state index contributed by atoms with van der Waals surface area (Å²) in [5.74, 6) is -0.351. The number of carbonyl (C=O) groups excluding carboxylic acids is 1. The van der Waals surface area contributed by atoms with Gasteiger partial charge in [-0.05, 0) is 83.5 Å². The van der Waals surface area contributed by atoms with Crippen molar-refractivity contribution in [3.63, 3.8) is 0 Å². The number of rotatable bonds is 40. The zero-order valence-corrected chi connectivity index (χ0v) is 35.3. The molecule has 0 heterocycles. The maximum absolute atomic E-state index is 12.6. The Bertz CT molecular complexity index is 1050. The maximum Gasteiger partial charge on any atom is 0.472 e. The van der Waals surface area contributed by atoms with Crippen LogP contribution < -0.4 is 5.73 Å². The SMILES string of the molecule is CC/C=C\C/C=C\C/C=C\C/C=C\CCCCCCCCC(=O)OC(COCCCCCCCC/C=C\C/C=C\CCCCC)COP(=O)(O)OCCN. The van der Waals surface area contributed by atoms with E-state index in [1.807, 2.05) is 0 Å². The molecule has 2 unspecified atom stereocenters. The van der Waals surface area contributed by atoms with E-state index < -0.39 is 13.9 Å². The molecule has 0 saturated heterocycles. The van der Waals surface area contributed by atoms with Crippen LogP contribution in [-0.2, 0) is 27.9 Å². The van der Waals surface area contributed by atoms with E-state index in [1.165, 1.54) is 57.8 Å². The zero-order chi connectivity index (χ0) is 39.5. The molecule has 0 amide bonds. The lowest BCUT2D eigenvalue weighted by molar-refractivity contribution is -0.154. The molecular weight excluding hydrogens is 697 g/mol. The minimum absolute atomic E-state index is 0.0922. The van der Waals surface area contributed by atoms with Crippen LogP contribution in [0.3, 0.4) is 0 Å². The fourth-order valence-corrected chi connectivity index (χ4v) is 6.25. The van der Waals surface area contributed by atoms with Crippen molar-refractivity contribution in [1.29, 1.82) is 0 Å². The Morgan fingerprint density at radius 2 is 1.04 bits per heavy atom. The van der Waals surface area contributed by atoms with Crippen molar-refractivity contribution in [2.24, 2.45) is 5.73 Å². The predicted molar refractivity (Wildman–Crippen MR) is 228 cm³/mol. The number of hydrogen-bond acceptors (Lipinski definition) is 7. The number of nitrogens with two attached hydrogens (primary N) is 1. The highest BCUT2D eigenvalue weighted by Gasteiger charge is 2.25. The summed E-state index contributed by atoms with van der Waals surface area (Å²) in [5, 5.41) is 0. The fraction of sp³-hybridized carbons (Fsp3) is 0.711. The summed E-state index contributed by atoms with van der Waals surface area (Å²) in [4.78, 5) is 22.5. The van der Waals surface area contributed by atoms with Gasteiger partial charge in [0.1, 0.15) is 6.10 Å². The van der Waals surface area contributed by atoms with E-state index in [9.17, 15) is 14.3 Å². The number of ether oxygens (including phenoxy) is 2. The molecule has 0 aromatic heterocycles. The van der Waals surface area contributed by atoms with Crippen LogP contribution in [0.2, 0.25) is 0 Å². The van der Waals surface area contributed by atoms with Gasteiger partial charge in [-0.1, -0.05) is 151 Å². The van der Waals surface area contributed by atoms with E-state index in [-0.39, 0.29) is 32.3 Å². The van der Waals surface area contributed by atoms with Crippen molar-refractivity contribution in [3.05, 3.63) is 72.9 Å². The molecule has 9 heteroatoms. The number of allylic oxidation sites excluding steroid dienone is 12. The molecule has 0 fully saturated rings. The summed E-state index contributed by atoms with van der Waals surface area (Å²) in [6.45, 7) is 4.72. The van der Waals surface area contributed by atoms with Crippen LogP contribution >= 0.6 is 7.82 Å². The molecule has 0 rings (SSSR count). The number of hydrogen-bond donors (Lipinski definition) is 2. The third-order valence-corrected chi connectivity index (χ3v) is 9.59. The number of unbranched alkanes of at least 4 members (excludes halogenated alkanes) is 15. The number of phosphoric acid groups is 1. The first-order valence-corrected chi connectivity index (χ1v) is 22.9. The predicted octanol–water partition coefficient (Wildman–Crippen LogP) is 12.7. The van der Waals surface area contributed by atoms with Crippen molar-refractivity contribution in [1.82, 2.24) is 0 Å². The van der Waals surface area contributed by atoms with Gasteiger partial charge in [0.05, 0.1) is 19.8 Å². The first-order valence-electron chi connectivity index (χ1n) is 21.4. The largest absolute Gasteiger partial charge is 0.472 e. The van der Waals surface area contributed by atoms with Gasteiger partial charge in [-0.2, -0.15) is 0 Å². The summed E-state index contributed by atoms with van der Waals surface area (Å²) in [6.07, 6.45) is 52.0. The molecule has 0 aliphatic rings. The van der Waals surface area contributed by atoms with E-state index >= 15 is 0 Å². The van der Waals surface area contributed by atoms with Crippen LogP contribution in [0, 0.1) is 0 Å². The van der Waals surface area contributed by atoms with Crippen molar-refractivity contribution in [2.45, 2.75) is 174 Å². The normalized spacial score (nSPS) is 14.2. The summed E-state index contributed by atoms with van der Waals surface area (Å²) in [7, 11) is -4.29. The van der Waals surface area contributed by atoms with Gasteiger partial charge in [0.25, 0.3) is 0 Å².